The van der Waals surface area contributed by atoms with E-state index < -0.39 is 0 Å². The van der Waals surface area contributed by atoms with E-state index in [2.05, 4.69) is 25.2 Å². The van der Waals surface area contributed by atoms with Crippen molar-refractivity contribution in [1.82, 2.24) is 10.2 Å². The van der Waals surface area contributed by atoms with E-state index in [-0.39, 0.29) is 5.91 Å². The molecule has 0 aromatic heterocycles. The zero-order chi connectivity index (χ0) is 13.8. The first-order valence-electron chi connectivity index (χ1n) is 7.17. The van der Waals surface area contributed by atoms with E-state index in [0.717, 1.165) is 31.5 Å². The second-order valence-electron chi connectivity index (χ2n) is 5.70. The van der Waals surface area contributed by atoms with Crippen LogP contribution in [-0.4, -0.2) is 37.0 Å². The Morgan fingerprint density at radius 1 is 1.42 bits per heavy atom. The quantitative estimate of drug-likeness (QED) is 0.906. The third-order valence-electron chi connectivity index (χ3n) is 3.94. The van der Waals surface area contributed by atoms with Crippen molar-refractivity contribution in [2.75, 3.05) is 20.1 Å². The van der Waals surface area contributed by atoms with Gasteiger partial charge in [-0.1, -0.05) is 26.0 Å². The van der Waals surface area contributed by atoms with Crippen molar-refractivity contribution in [2.24, 2.45) is 0 Å². The molecule has 1 saturated heterocycles. The van der Waals surface area contributed by atoms with Crippen molar-refractivity contribution in [3.05, 3.63) is 35.4 Å². The van der Waals surface area contributed by atoms with Crippen LogP contribution in [0.5, 0.6) is 0 Å². The number of carbonyl (C=O) groups excluding carboxylic acids is 1. The smallest absolute Gasteiger partial charge is 0.253 e. The third kappa shape index (κ3) is 3.35. The van der Waals surface area contributed by atoms with E-state index in [0.29, 0.717) is 12.0 Å². The number of hydrogen-bond acceptors (Lipinski definition) is 2. The highest BCUT2D eigenvalue weighted by Crippen LogP contribution is 2.18. The molecule has 1 aromatic carbocycles. The van der Waals surface area contributed by atoms with Gasteiger partial charge in [0.1, 0.15) is 0 Å². The number of rotatable bonds is 3. The monoisotopic (exact) mass is 260 g/mol. The van der Waals surface area contributed by atoms with Crippen LogP contribution in [0.15, 0.2) is 24.3 Å². The Kier molecular flexibility index (Phi) is 4.59. The van der Waals surface area contributed by atoms with Gasteiger partial charge in [0.15, 0.2) is 0 Å². The van der Waals surface area contributed by atoms with Gasteiger partial charge < -0.3 is 10.2 Å². The Bertz CT molecular complexity index is 436. The Morgan fingerprint density at radius 3 is 2.84 bits per heavy atom. The summed E-state index contributed by atoms with van der Waals surface area (Å²) in [6, 6.07) is 8.34. The molecule has 1 aliphatic rings. The molecule has 3 nitrogen and oxygen atoms in total. The van der Waals surface area contributed by atoms with Gasteiger partial charge in [-0.05, 0) is 43.0 Å². The second-order valence-corrected chi connectivity index (χ2v) is 5.70. The summed E-state index contributed by atoms with van der Waals surface area (Å²) in [5.74, 6) is 0.589. The van der Waals surface area contributed by atoms with Gasteiger partial charge in [-0.25, -0.2) is 0 Å². The zero-order valence-electron chi connectivity index (χ0n) is 12.1. The normalized spacial score (nSPS) is 19.5. The summed E-state index contributed by atoms with van der Waals surface area (Å²) in [6.45, 7) is 6.28. The molecule has 1 unspecified atom stereocenters. The minimum absolute atomic E-state index is 0.135. The fourth-order valence-electron chi connectivity index (χ4n) is 2.56. The van der Waals surface area contributed by atoms with Crippen molar-refractivity contribution in [3.8, 4) is 0 Å². The maximum atomic E-state index is 12.5. The molecule has 1 aromatic rings. The number of hydrogen-bond donors (Lipinski definition) is 1. The molecule has 1 N–H and O–H groups in total. The molecular formula is C16H24N2O. The first-order chi connectivity index (χ1) is 9.09. The Balaban J connectivity index is 2.11. The lowest BCUT2D eigenvalue weighted by molar-refractivity contribution is 0.0708. The fraction of sp³-hybridized carbons (Fsp3) is 0.562. The Hall–Kier alpha value is -1.35. The van der Waals surface area contributed by atoms with Crippen LogP contribution in [0.2, 0.25) is 0 Å². The molecule has 2 rings (SSSR count). The van der Waals surface area contributed by atoms with Gasteiger partial charge in [0.25, 0.3) is 5.91 Å². The number of amides is 1. The molecule has 0 saturated carbocycles. The van der Waals surface area contributed by atoms with Crippen molar-refractivity contribution >= 4 is 5.91 Å². The molecule has 1 aliphatic heterocycles. The minimum atomic E-state index is 0.135. The number of piperidine rings is 1. The molecule has 3 heteroatoms. The van der Waals surface area contributed by atoms with Crippen molar-refractivity contribution < 1.29 is 4.79 Å². The number of nitrogens with one attached hydrogen (secondary N) is 1. The van der Waals surface area contributed by atoms with Crippen molar-refractivity contribution in [2.45, 2.75) is 38.6 Å². The molecule has 1 amide bonds. The van der Waals surface area contributed by atoms with E-state index in [9.17, 15) is 4.79 Å². The van der Waals surface area contributed by atoms with Crippen LogP contribution in [0.4, 0.5) is 0 Å². The lowest BCUT2D eigenvalue weighted by Gasteiger charge is -2.31. The van der Waals surface area contributed by atoms with Crippen molar-refractivity contribution in [1.29, 1.82) is 0 Å². The molecule has 1 atom stereocenters. The molecule has 0 aliphatic carbocycles. The highest BCUT2D eigenvalue weighted by Gasteiger charge is 2.22. The summed E-state index contributed by atoms with van der Waals surface area (Å²) in [4.78, 5) is 14.4. The lowest BCUT2D eigenvalue weighted by atomic mass is 9.99. The SMILES string of the molecule is CC(C)c1cccc(C(=O)N(C)C2CCCNC2)c1. The summed E-state index contributed by atoms with van der Waals surface area (Å²) in [5, 5.41) is 3.36. The highest BCUT2D eigenvalue weighted by molar-refractivity contribution is 5.94. The van der Waals surface area contributed by atoms with E-state index in [1.807, 2.05) is 30.1 Å². The van der Waals surface area contributed by atoms with Gasteiger partial charge in [-0.3, -0.25) is 4.79 Å². The van der Waals surface area contributed by atoms with Crippen LogP contribution in [0, 0.1) is 0 Å². The lowest BCUT2D eigenvalue weighted by Crippen LogP contribution is -2.46. The largest absolute Gasteiger partial charge is 0.337 e. The molecular weight excluding hydrogens is 236 g/mol. The fourth-order valence-corrected chi connectivity index (χ4v) is 2.56. The van der Waals surface area contributed by atoms with Gasteiger partial charge in [0.2, 0.25) is 0 Å². The highest BCUT2D eigenvalue weighted by atomic mass is 16.2. The molecule has 0 spiro atoms. The van der Waals surface area contributed by atoms with Gasteiger partial charge >= 0.3 is 0 Å². The van der Waals surface area contributed by atoms with Crippen LogP contribution < -0.4 is 5.32 Å². The molecule has 19 heavy (non-hydrogen) atoms. The average molecular weight is 260 g/mol. The number of benzene rings is 1. The van der Waals surface area contributed by atoms with Crippen LogP contribution in [0.1, 0.15) is 48.5 Å². The van der Waals surface area contributed by atoms with E-state index >= 15 is 0 Å². The number of likely N-dealkylation sites (N-methyl/N-ethyl adjacent to an activating group) is 1. The molecule has 1 heterocycles. The maximum Gasteiger partial charge on any atom is 0.253 e. The summed E-state index contributed by atoms with van der Waals surface area (Å²) >= 11 is 0. The Morgan fingerprint density at radius 2 is 2.21 bits per heavy atom. The predicted molar refractivity (Wildman–Crippen MR) is 78.5 cm³/mol. The summed E-state index contributed by atoms with van der Waals surface area (Å²) in [7, 11) is 1.92. The minimum Gasteiger partial charge on any atom is -0.337 e. The summed E-state index contributed by atoms with van der Waals surface area (Å²) < 4.78 is 0. The number of nitrogens with zero attached hydrogens (tertiary/aromatic N) is 1. The van der Waals surface area contributed by atoms with Gasteiger partial charge in [0.05, 0.1) is 0 Å². The molecule has 0 radical (unpaired) electrons. The van der Waals surface area contributed by atoms with Gasteiger partial charge in [-0.15, -0.1) is 0 Å². The predicted octanol–water partition coefficient (Wildman–Crippen LogP) is 2.63. The van der Waals surface area contributed by atoms with Gasteiger partial charge in [-0.2, -0.15) is 0 Å². The second kappa shape index (κ2) is 6.20. The Labute approximate surface area is 116 Å². The molecule has 104 valence electrons. The topological polar surface area (TPSA) is 32.3 Å². The standard InChI is InChI=1S/C16H24N2O/c1-12(2)13-6-4-7-14(10-13)16(19)18(3)15-8-5-9-17-11-15/h4,6-7,10,12,15,17H,5,8-9,11H2,1-3H3. The van der Waals surface area contributed by atoms with Gasteiger partial charge in [0, 0.05) is 25.2 Å². The molecule has 0 bridgehead atoms. The number of carbonyl (C=O) groups is 1. The van der Waals surface area contributed by atoms with Crippen molar-refractivity contribution in [3.63, 3.8) is 0 Å². The first-order valence-corrected chi connectivity index (χ1v) is 7.17. The van der Waals surface area contributed by atoms with E-state index in [4.69, 9.17) is 0 Å². The van der Waals surface area contributed by atoms with Crippen LogP contribution in [0.3, 0.4) is 0 Å². The first kappa shape index (κ1) is 14.1. The zero-order valence-corrected chi connectivity index (χ0v) is 12.1. The summed E-state index contributed by atoms with van der Waals surface area (Å²) in [5.41, 5.74) is 2.03. The summed E-state index contributed by atoms with van der Waals surface area (Å²) in [6.07, 6.45) is 2.24. The van der Waals surface area contributed by atoms with Crippen LogP contribution in [-0.2, 0) is 0 Å². The van der Waals surface area contributed by atoms with E-state index in [1.54, 1.807) is 0 Å². The molecule has 1 fully saturated rings. The third-order valence-corrected chi connectivity index (χ3v) is 3.94. The maximum absolute atomic E-state index is 12.5. The van der Waals surface area contributed by atoms with E-state index in [1.165, 1.54) is 5.56 Å². The van der Waals surface area contributed by atoms with Crippen LogP contribution >= 0.6 is 0 Å². The van der Waals surface area contributed by atoms with Crippen LogP contribution in [0.25, 0.3) is 0 Å². The average Bonchev–Trinajstić information content (AvgIpc) is 2.46.